The summed E-state index contributed by atoms with van der Waals surface area (Å²) >= 11 is 0. The van der Waals surface area contributed by atoms with E-state index in [1.54, 1.807) is 23.8 Å². The van der Waals surface area contributed by atoms with E-state index in [0.717, 1.165) is 43.9 Å². The minimum Gasteiger partial charge on any atom is -0.491 e. The summed E-state index contributed by atoms with van der Waals surface area (Å²) in [7, 11) is 1.55. The molecule has 37 heavy (non-hydrogen) atoms. The van der Waals surface area contributed by atoms with Gasteiger partial charge < -0.3 is 14.0 Å². The van der Waals surface area contributed by atoms with Gasteiger partial charge in [0.25, 0.3) is 5.88 Å². The van der Waals surface area contributed by atoms with E-state index in [1.165, 1.54) is 5.56 Å². The molecule has 1 atom stereocenters. The highest BCUT2D eigenvalue weighted by atomic mass is 16.5. The van der Waals surface area contributed by atoms with Crippen LogP contribution in [0, 0.1) is 24.2 Å². The van der Waals surface area contributed by atoms with Gasteiger partial charge in [-0.25, -0.2) is 0 Å². The van der Waals surface area contributed by atoms with Crippen molar-refractivity contribution in [1.82, 2.24) is 34.9 Å². The Balaban J connectivity index is 1.28. The third-order valence-electron chi connectivity index (χ3n) is 6.27. The van der Waals surface area contributed by atoms with Crippen LogP contribution in [-0.2, 0) is 19.6 Å². The Morgan fingerprint density at radius 2 is 2.16 bits per heavy atom. The van der Waals surface area contributed by atoms with Crippen LogP contribution in [0.4, 0.5) is 0 Å². The van der Waals surface area contributed by atoms with Gasteiger partial charge in [0.2, 0.25) is 5.82 Å². The monoisotopic (exact) mass is 500 g/mol. The quantitative estimate of drug-likeness (QED) is 0.315. The minimum atomic E-state index is 0.236. The average molecular weight is 501 g/mol. The van der Waals surface area contributed by atoms with Gasteiger partial charge >= 0.3 is 0 Å². The Morgan fingerprint density at radius 3 is 2.92 bits per heavy atom. The number of methoxy groups -OCH3 is 1. The van der Waals surface area contributed by atoms with Crippen LogP contribution in [0.25, 0.3) is 17.2 Å². The zero-order chi connectivity index (χ0) is 25.9. The number of ether oxygens (including phenoxy) is 2. The summed E-state index contributed by atoms with van der Waals surface area (Å²) in [5.41, 5.74) is 4.78. The Bertz CT molecular complexity index is 1480. The molecular formula is C26H28N8O3. The topological polar surface area (TPSA) is 127 Å². The number of nitrogens with zero attached hydrogens (tertiary/aromatic N) is 8. The number of rotatable bonds is 9. The molecule has 0 amide bonds. The van der Waals surface area contributed by atoms with Crippen LogP contribution in [0.2, 0.25) is 0 Å². The van der Waals surface area contributed by atoms with Crippen molar-refractivity contribution in [3.05, 3.63) is 59.1 Å². The van der Waals surface area contributed by atoms with Gasteiger partial charge in [-0.15, -0.1) is 15.3 Å². The van der Waals surface area contributed by atoms with E-state index < -0.39 is 0 Å². The zero-order valence-electron chi connectivity index (χ0n) is 21.1. The second kappa shape index (κ2) is 10.4. The summed E-state index contributed by atoms with van der Waals surface area (Å²) in [5.74, 6) is 2.24. The van der Waals surface area contributed by atoms with E-state index in [2.05, 4.69) is 51.0 Å². The maximum absolute atomic E-state index is 8.98. The molecule has 11 nitrogen and oxygen atoms in total. The molecule has 4 aromatic heterocycles. The maximum atomic E-state index is 8.98. The van der Waals surface area contributed by atoms with Gasteiger partial charge in [0.15, 0.2) is 17.1 Å². The first-order valence-electron chi connectivity index (χ1n) is 12.1. The zero-order valence-corrected chi connectivity index (χ0v) is 21.1. The van der Waals surface area contributed by atoms with Crippen LogP contribution in [0.1, 0.15) is 36.1 Å². The molecule has 0 spiro atoms. The molecule has 5 heterocycles. The van der Waals surface area contributed by atoms with Crippen LogP contribution >= 0.6 is 0 Å². The normalized spacial score (nSPS) is 14.2. The Morgan fingerprint density at radius 1 is 1.30 bits per heavy atom. The van der Waals surface area contributed by atoms with Gasteiger partial charge in [0.1, 0.15) is 12.4 Å². The van der Waals surface area contributed by atoms with Gasteiger partial charge in [-0.05, 0) is 30.9 Å². The number of allylic oxidation sites excluding steroid dienone is 1. The highest BCUT2D eigenvalue weighted by molar-refractivity contribution is 5.56. The molecule has 190 valence electrons. The molecular weight excluding hydrogens is 472 g/mol. The molecule has 5 rings (SSSR count). The Labute approximate surface area is 214 Å². The number of hydrogen-bond donors (Lipinski definition) is 0. The van der Waals surface area contributed by atoms with E-state index in [4.69, 9.17) is 24.2 Å². The third-order valence-corrected chi connectivity index (χ3v) is 6.27. The molecule has 0 saturated heterocycles. The maximum Gasteiger partial charge on any atom is 0.275 e. The van der Waals surface area contributed by atoms with Crippen LogP contribution in [0.3, 0.4) is 0 Å². The van der Waals surface area contributed by atoms with Gasteiger partial charge in [0, 0.05) is 49.5 Å². The lowest BCUT2D eigenvalue weighted by Crippen LogP contribution is -2.34. The van der Waals surface area contributed by atoms with Crippen LogP contribution in [0.15, 0.2) is 40.9 Å². The number of aromatic nitrogens is 6. The number of pyridine rings is 1. The SMILES string of the molecule is C=C(C#N)CC(C)CN1CCc2nc(COc3nn4c(-c5cc(C)on5)nnc4cc3OC)ccc2C1. The number of fused-ring (bicyclic) bond motifs is 2. The highest BCUT2D eigenvalue weighted by Gasteiger charge is 2.21. The summed E-state index contributed by atoms with van der Waals surface area (Å²) in [6, 6.07) is 9.73. The molecule has 1 aliphatic heterocycles. The lowest BCUT2D eigenvalue weighted by atomic mass is 9.99. The molecule has 0 aliphatic carbocycles. The summed E-state index contributed by atoms with van der Waals surface area (Å²) in [4.78, 5) is 7.26. The molecule has 4 aromatic rings. The average Bonchev–Trinajstić information content (AvgIpc) is 3.51. The lowest BCUT2D eigenvalue weighted by Gasteiger charge is -2.30. The largest absolute Gasteiger partial charge is 0.491 e. The summed E-state index contributed by atoms with van der Waals surface area (Å²) in [6.45, 7) is 10.7. The minimum absolute atomic E-state index is 0.236. The Hall–Kier alpha value is -4.30. The fourth-order valence-electron chi connectivity index (χ4n) is 4.55. The number of aryl methyl sites for hydroxylation is 1. The molecule has 0 fully saturated rings. The smallest absolute Gasteiger partial charge is 0.275 e. The second-order valence-corrected chi connectivity index (χ2v) is 9.34. The summed E-state index contributed by atoms with van der Waals surface area (Å²) < 4.78 is 18.2. The molecule has 11 heteroatoms. The predicted molar refractivity (Wildman–Crippen MR) is 134 cm³/mol. The molecule has 0 bridgehead atoms. The first kappa shape index (κ1) is 24.4. The molecule has 1 unspecified atom stereocenters. The first-order chi connectivity index (χ1) is 17.9. The van der Waals surface area contributed by atoms with Crippen molar-refractivity contribution in [3.8, 4) is 29.2 Å². The van der Waals surface area contributed by atoms with Gasteiger partial charge in [-0.2, -0.15) is 9.78 Å². The van der Waals surface area contributed by atoms with Gasteiger partial charge in [-0.1, -0.05) is 24.7 Å². The van der Waals surface area contributed by atoms with E-state index >= 15 is 0 Å². The van der Waals surface area contributed by atoms with E-state index in [-0.39, 0.29) is 6.61 Å². The highest BCUT2D eigenvalue weighted by Crippen LogP contribution is 2.28. The van der Waals surface area contributed by atoms with E-state index in [0.29, 0.717) is 46.0 Å². The fraction of sp³-hybridized carbons (Fsp3) is 0.385. The molecule has 0 saturated carbocycles. The summed E-state index contributed by atoms with van der Waals surface area (Å²) in [5, 5.41) is 25.9. The summed E-state index contributed by atoms with van der Waals surface area (Å²) in [6.07, 6.45) is 1.59. The van der Waals surface area contributed by atoms with Crippen molar-refractivity contribution in [2.24, 2.45) is 5.92 Å². The number of nitriles is 1. The molecule has 1 aliphatic rings. The predicted octanol–water partition coefficient (Wildman–Crippen LogP) is 3.53. The van der Waals surface area contributed by atoms with Crippen molar-refractivity contribution < 1.29 is 14.0 Å². The first-order valence-corrected chi connectivity index (χ1v) is 12.1. The standard InChI is InChI=1S/C26H28N8O3/c1-16(12-27)9-17(2)13-33-8-7-21-19(14-33)5-6-20(28-21)15-36-26-23(35-4)11-24-29-30-25(34(24)31-26)22-10-18(3)37-32-22/h5-6,10-11,17H,1,7-9,13-15H2,2-4H3. The van der Waals surface area contributed by atoms with E-state index in [1.807, 2.05) is 13.0 Å². The van der Waals surface area contributed by atoms with Crippen LogP contribution < -0.4 is 9.47 Å². The fourth-order valence-corrected chi connectivity index (χ4v) is 4.55. The van der Waals surface area contributed by atoms with Gasteiger partial charge in [-0.3, -0.25) is 9.88 Å². The van der Waals surface area contributed by atoms with Crippen molar-refractivity contribution in [2.75, 3.05) is 20.2 Å². The van der Waals surface area contributed by atoms with Crippen LogP contribution in [-0.4, -0.2) is 55.1 Å². The van der Waals surface area contributed by atoms with Crippen molar-refractivity contribution in [1.29, 1.82) is 5.26 Å². The molecule has 0 N–H and O–H groups in total. The van der Waals surface area contributed by atoms with Crippen molar-refractivity contribution in [3.63, 3.8) is 0 Å². The van der Waals surface area contributed by atoms with Crippen molar-refractivity contribution in [2.45, 2.75) is 39.8 Å². The number of hydrogen-bond acceptors (Lipinski definition) is 10. The van der Waals surface area contributed by atoms with E-state index in [9.17, 15) is 0 Å². The van der Waals surface area contributed by atoms with Gasteiger partial charge in [0.05, 0.1) is 18.9 Å². The molecule has 0 radical (unpaired) electrons. The Kier molecular flexibility index (Phi) is 6.83. The van der Waals surface area contributed by atoms with Crippen LogP contribution in [0.5, 0.6) is 11.6 Å². The third kappa shape index (κ3) is 5.29. The second-order valence-electron chi connectivity index (χ2n) is 9.34. The lowest BCUT2D eigenvalue weighted by molar-refractivity contribution is 0.217. The van der Waals surface area contributed by atoms with Crippen molar-refractivity contribution >= 4 is 5.65 Å². The molecule has 0 aromatic carbocycles.